The molecule has 0 aliphatic rings. The van der Waals surface area contributed by atoms with Gasteiger partial charge in [-0.1, -0.05) is 18.2 Å². The molecule has 0 aromatic heterocycles. The minimum atomic E-state index is -3.81. The second kappa shape index (κ2) is 9.01. The van der Waals surface area contributed by atoms with Crippen LogP contribution >= 0.6 is 0 Å². The fourth-order valence-corrected chi connectivity index (χ4v) is 4.53. The van der Waals surface area contributed by atoms with Gasteiger partial charge in [0, 0.05) is 11.4 Å². The fourth-order valence-electron chi connectivity index (χ4n) is 2.90. The van der Waals surface area contributed by atoms with Gasteiger partial charge in [-0.15, -0.1) is 0 Å². The van der Waals surface area contributed by atoms with Crippen molar-refractivity contribution in [1.82, 2.24) is 0 Å². The fraction of sp³-hybridized carbons (Fsp3) is 0.136. The number of sulfonamides is 2. The zero-order valence-corrected chi connectivity index (χ0v) is 19.3. The largest absolute Gasteiger partial charge is 0.322 e. The first kappa shape index (κ1) is 23.3. The molecule has 0 saturated carbocycles. The van der Waals surface area contributed by atoms with Crippen LogP contribution in [0.1, 0.15) is 21.5 Å². The monoisotopic (exact) mass is 473 g/mol. The zero-order chi connectivity index (χ0) is 23.5. The predicted molar refractivity (Wildman–Crippen MR) is 126 cm³/mol. The Morgan fingerprint density at radius 3 is 2.00 bits per heavy atom. The van der Waals surface area contributed by atoms with Crippen molar-refractivity contribution >= 4 is 43.0 Å². The maximum absolute atomic E-state index is 12.7. The van der Waals surface area contributed by atoms with Crippen LogP contribution < -0.4 is 14.8 Å². The van der Waals surface area contributed by atoms with Crippen LogP contribution in [0.2, 0.25) is 0 Å². The predicted octanol–water partition coefficient (Wildman–Crippen LogP) is 3.73. The summed E-state index contributed by atoms with van der Waals surface area (Å²) in [5.41, 5.74) is 3.11. The second-order valence-electron chi connectivity index (χ2n) is 7.30. The molecule has 0 unspecified atom stereocenters. The standard InChI is InChI=1S/C22H23N3O5S2/c1-15-8-9-18(14-16(15)2)24-32(29,30)19-12-10-17(11-13-19)23-22(26)20-6-4-5-7-21(20)25-31(3,27)28/h4-14,24-25H,1-3H3,(H,23,26). The molecular weight excluding hydrogens is 450 g/mol. The van der Waals surface area contributed by atoms with Crippen molar-refractivity contribution in [3.63, 3.8) is 0 Å². The van der Waals surface area contributed by atoms with Gasteiger partial charge in [0.25, 0.3) is 15.9 Å². The van der Waals surface area contributed by atoms with E-state index in [1.54, 1.807) is 24.3 Å². The Hall–Kier alpha value is -3.37. The van der Waals surface area contributed by atoms with Crippen molar-refractivity contribution in [3.05, 3.63) is 83.4 Å². The highest BCUT2D eigenvalue weighted by Gasteiger charge is 2.16. The number of hydrogen-bond donors (Lipinski definition) is 3. The highest BCUT2D eigenvalue weighted by Crippen LogP contribution is 2.22. The Kier molecular flexibility index (Phi) is 6.56. The Morgan fingerprint density at radius 1 is 0.750 bits per heavy atom. The Labute approximate surface area is 187 Å². The number of nitrogens with one attached hydrogen (secondary N) is 3. The van der Waals surface area contributed by atoms with Crippen LogP contribution in [0.3, 0.4) is 0 Å². The third-order valence-electron chi connectivity index (χ3n) is 4.65. The van der Waals surface area contributed by atoms with Gasteiger partial charge in [0.05, 0.1) is 22.4 Å². The molecule has 3 rings (SSSR count). The molecule has 0 spiro atoms. The summed E-state index contributed by atoms with van der Waals surface area (Å²) < 4.78 is 53.2. The molecule has 168 valence electrons. The van der Waals surface area contributed by atoms with E-state index >= 15 is 0 Å². The third kappa shape index (κ3) is 5.86. The normalized spacial score (nSPS) is 11.6. The summed E-state index contributed by atoms with van der Waals surface area (Å²) in [6.07, 6.45) is 0.993. The van der Waals surface area contributed by atoms with Crippen molar-refractivity contribution in [1.29, 1.82) is 0 Å². The molecule has 1 amide bonds. The molecule has 0 heterocycles. The van der Waals surface area contributed by atoms with E-state index in [1.165, 1.54) is 36.4 Å². The molecule has 0 fully saturated rings. The summed E-state index contributed by atoms with van der Waals surface area (Å²) in [7, 11) is -7.37. The van der Waals surface area contributed by atoms with E-state index in [1.807, 2.05) is 19.9 Å². The summed E-state index contributed by atoms with van der Waals surface area (Å²) in [5.74, 6) is -0.541. The van der Waals surface area contributed by atoms with Crippen LogP contribution in [0.15, 0.2) is 71.6 Å². The van der Waals surface area contributed by atoms with Crippen LogP contribution in [0.4, 0.5) is 17.1 Å². The van der Waals surface area contributed by atoms with E-state index < -0.39 is 26.0 Å². The number of carbonyl (C=O) groups is 1. The number of rotatable bonds is 7. The van der Waals surface area contributed by atoms with Crippen LogP contribution in [-0.2, 0) is 20.0 Å². The molecule has 0 aliphatic carbocycles. The Balaban J connectivity index is 1.76. The lowest BCUT2D eigenvalue weighted by Crippen LogP contribution is -2.17. The molecule has 0 aliphatic heterocycles. The van der Waals surface area contributed by atoms with Gasteiger partial charge in [-0.3, -0.25) is 14.2 Å². The topological polar surface area (TPSA) is 121 Å². The summed E-state index contributed by atoms with van der Waals surface area (Å²) in [5, 5.41) is 2.64. The number of benzene rings is 3. The van der Waals surface area contributed by atoms with Gasteiger partial charge >= 0.3 is 0 Å². The summed E-state index contributed by atoms with van der Waals surface area (Å²) in [4.78, 5) is 12.7. The molecule has 0 saturated heterocycles. The van der Waals surface area contributed by atoms with Gasteiger partial charge in [-0.05, 0) is 73.5 Å². The van der Waals surface area contributed by atoms with Crippen molar-refractivity contribution in [2.45, 2.75) is 18.7 Å². The molecule has 3 aromatic rings. The Bertz CT molecular complexity index is 1370. The maximum Gasteiger partial charge on any atom is 0.261 e. The van der Waals surface area contributed by atoms with Gasteiger partial charge in [-0.25, -0.2) is 16.8 Å². The number of amides is 1. The van der Waals surface area contributed by atoms with E-state index in [2.05, 4.69) is 14.8 Å². The molecule has 32 heavy (non-hydrogen) atoms. The third-order valence-corrected chi connectivity index (χ3v) is 6.64. The molecule has 3 aromatic carbocycles. The quantitative estimate of drug-likeness (QED) is 0.483. The van der Waals surface area contributed by atoms with Crippen LogP contribution in [0, 0.1) is 13.8 Å². The molecule has 10 heteroatoms. The summed E-state index contributed by atoms with van der Waals surface area (Å²) in [6, 6.07) is 17.1. The van der Waals surface area contributed by atoms with Crippen LogP contribution in [0.5, 0.6) is 0 Å². The average molecular weight is 474 g/mol. The van der Waals surface area contributed by atoms with E-state index in [-0.39, 0.29) is 16.1 Å². The van der Waals surface area contributed by atoms with Crippen LogP contribution in [0.25, 0.3) is 0 Å². The van der Waals surface area contributed by atoms with E-state index in [9.17, 15) is 21.6 Å². The van der Waals surface area contributed by atoms with E-state index in [0.29, 0.717) is 11.4 Å². The second-order valence-corrected chi connectivity index (χ2v) is 10.7. The van der Waals surface area contributed by atoms with E-state index in [4.69, 9.17) is 0 Å². The lowest BCUT2D eigenvalue weighted by atomic mass is 10.1. The van der Waals surface area contributed by atoms with Crippen molar-refractivity contribution < 1.29 is 21.6 Å². The molecule has 0 radical (unpaired) electrons. The molecule has 0 atom stereocenters. The smallest absolute Gasteiger partial charge is 0.261 e. The van der Waals surface area contributed by atoms with Gasteiger partial charge in [0.2, 0.25) is 10.0 Å². The number of anilines is 3. The number of carbonyl (C=O) groups excluding carboxylic acids is 1. The minimum Gasteiger partial charge on any atom is -0.322 e. The van der Waals surface area contributed by atoms with Gasteiger partial charge in [-0.2, -0.15) is 0 Å². The highest BCUT2D eigenvalue weighted by molar-refractivity contribution is 7.92. The highest BCUT2D eigenvalue weighted by atomic mass is 32.2. The molecule has 8 nitrogen and oxygen atoms in total. The van der Waals surface area contributed by atoms with Crippen molar-refractivity contribution in [2.24, 2.45) is 0 Å². The van der Waals surface area contributed by atoms with Crippen molar-refractivity contribution in [3.8, 4) is 0 Å². The van der Waals surface area contributed by atoms with Gasteiger partial charge < -0.3 is 5.32 Å². The average Bonchev–Trinajstić information content (AvgIpc) is 2.70. The summed E-state index contributed by atoms with van der Waals surface area (Å²) >= 11 is 0. The lowest BCUT2D eigenvalue weighted by Gasteiger charge is -2.12. The summed E-state index contributed by atoms with van der Waals surface area (Å²) in [6.45, 7) is 3.84. The Morgan fingerprint density at radius 2 is 1.38 bits per heavy atom. The van der Waals surface area contributed by atoms with Gasteiger partial charge in [0.15, 0.2) is 0 Å². The number of aryl methyl sites for hydroxylation is 2. The SMILES string of the molecule is Cc1ccc(NS(=O)(=O)c2ccc(NC(=O)c3ccccc3NS(C)(=O)=O)cc2)cc1C. The number of para-hydroxylation sites is 1. The zero-order valence-electron chi connectivity index (χ0n) is 17.7. The molecule has 0 bridgehead atoms. The lowest BCUT2D eigenvalue weighted by molar-refractivity contribution is 0.102. The van der Waals surface area contributed by atoms with Gasteiger partial charge in [0.1, 0.15) is 0 Å². The van der Waals surface area contributed by atoms with E-state index in [0.717, 1.165) is 17.4 Å². The maximum atomic E-state index is 12.7. The first-order chi connectivity index (χ1) is 14.9. The molecular formula is C22H23N3O5S2. The minimum absolute atomic E-state index is 0.0351. The first-order valence-electron chi connectivity index (χ1n) is 9.53. The number of hydrogen-bond acceptors (Lipinski definition) is 5. The first-order valence-corrected chi connectivity index (χ1v) is 12.9. The van der Waals surface area contributed by atoms with Crippen LogP contribution in [-0.4, -0.2) is 29.0 Å². The van der Waals surface area contributed by atoms with Crippen molar-refractivity contribution in [2.75, 3.05) is 21.0 Å². The molecule has 3 N–H and O–H groups in total.